The van der Waals surface area contributed by atoms with E-state index < -0.39 is 11.7 Å². The van der Waals surface area contributed by atoms with Gasteiger partial charge in [0.1, 0.15) is 10.4 Å². The van der Waals surface area contributed by atoms with Crippen LogP contribution in [0.15, 0.2) is 35.1 Å². The molecule has 0 unspecified atom stereocenters. The minimum atomic E-state index is -4.38. The van der Waals surface area contributed by atoms with Crippen molar-refractivity contribution in [2.45, 2.75) is 19.6 Å². The van der Waals surface area contributed by atoms with Crippen LogP contribution in [0, 0.1) is 0 Å². The van der Waals surface area contributed by atoms with Gasteiger partial charge in [0, 0.05) is 12.1 Å². The van der Waals surface area contributed by atoms with Gasteiger partial charge in [-0.1, -0.05) is 18.2 Å². The van der Waals surface area contributed by atoms with Crippen LogP contribution in [0.25, 0.3) is 11.4 Å². The van der Waals surface area contributed by atoms with E-state index in [9.17, 15) is 13.2 Å². The number of imidazole rings is 1. The first-order valence-corrected chi connectivity index (χ1v) is 6.12. The van der Waals surface area contributed by atoms with Crippen molar-refractivity contribution >= 4 is 15.9 Å². The normalized spacial score (nSPS) is 11.8. The summed E-state index contributed by atoms with van der Waals surface area (Å²) in [5.41, 5.74) is -0.574. The Morgan fingerprint density at radius 1 is 1.28 bits per heavy atom. The van der Waals surface area contributed by atoms with Crippen molar-refractivity contribution < 1.29 is 13.2 Å². The molecule has 0 aliphatic carbocycles. The molecular formula is C12H10BrF3N2. The molecule has 0 radical (unpaired) electrons. The molecule has 0 amide bonds. The van der Waals surface area contributed by atoms with E-state index in [0.29, 0.717) is 17.0 Å². The zero-order valence-corrected chi connectivity index (χ0v) is 11.1. The van der Waals surface area contributed by atoms with Crippen LogP contribution in [0.5, 0.6) is 0 Å². The Balaban J connectivity index is 2.64. The van der Waals surface area contributed by atoms with Crippen molar-refractivity contribution in [3.05, 3.63) is 40.6 Å². The zero-order chi connectivity index (χ0) is 13.3. The van der Waals surface area contributed by atoms with Crippen LogP contribution < -0.4 is 0 Å². The molecule has 1 heterocycles. The fourth-order valence-corrected chi connectivity index (χ4v) is 2.32. The van der Waals surface area contributed by atoms with E-state index in [-0.39, 0.29) is 5.56 Å². The van der Waals surface area contributed by atoms with E-state index in [1.807, 2.05) is 6.92 Å². The average Bonchev–Trinajstić information content (AvgIpc) is 2.69. The quantitative estimate of drug-likeness (QED) is 0.804. The predicted molar refractivity (Wildman–Crippen MR) is 66.0 cm³/mol. The maximum atomic E-state index is 12.9. The molecule has 18 heavy (non-hydrogen) atoms. The van der Waals surface area contributed by atoms with E-state index in [0.717, 1.165) is 6.07 Å². The van der Waals surface area contributed by atoms with Crippen LogP contribution in [0.3, 0.4) is 0 Å². The van der Waals surface area contributed by atoms with Gasteiger partial charge in [0.25, 0.3) is 0 Å². The second-order valence-corrected chi connectivity index (χ2v) is 4.50. The minimum Gasteiger partial charge on any atom is -0.319 e. The molecule has 0 fully saturated rings. The molecule has 6 heteroatoms. The van der Waals surface area contributed by atoms with Crippen LogP contribution in [0.2, 0.25) is 0 Å². The number of halogens is 4. The molecule has 0 saturated carbocycles. The Morgan fingerprint density at radius 2 is 1.94 bits per heavy atom. The standard InChI is InChI=1S/C12H10BrF3N2/c1-2-18-10(13)7-17-11(18)8-5-3-4-6-9(8)12(14,15)16/h3-7H,2H2,1H3. The van der Waals surface area contributed by atoms with Crippen molar-refractivity contribution in [1.82, 2.24) is 9.55 Å². The highest BCUT2D eigenvalue weighted by molar-refractivity contribution is 9.10. The number of alkyl halides is 3. The number of aromatic nitrogens is 2. The fourth-order valence-electron chi connectivity index (χ4n) is 1.80. The lowest BCUT2D eigenvalue weighted by atomic mass is 10.1. The maximum Gasteiger partial charge on any atom is 0.417 e. The molecule has 0 atom stereocenters. The SMILES string of the molecule is CCn1c(Br)cnc1-c1ccccc1C(F)(F)F. The van der Waals surface area contributed by atoms with Gasteiger partial charge in [0.2, 0.25) is 0 Å². The van der Waals surface area contributed by atoms with Gasteiger partial charge in [-0.15, -0.1) is 0 Å². The van der Waals surface area contributed by atoms with E-state index in [2.05, 4.69) is 20.9 Å². The van der Waals surface area contributed by atoms with Crippen molar-refractivity contribution in [2.24, 2.45) is 0 Å². The molecule has 0 bridgehead atoms. The minimum absolute atomic E-state index is 0.0950. The van der Waals surface area contributed by atoms with E-state index in [4.69, 9.17) is 0 Å². The van der Waals surface area contributed by atoms with Crippen LogP contribution in [-0.2, 0) is 12.7 Å². The Bertz CT molecular complexity index is 561. The van der Waals surface area contributed by atoms with Gasteiger partial charge >= 0.3 is 6.18 Å². The fraction of sp³-hybridized carbons (Fsp3) is 0.250. The summed E-state index contributed by atoms with van der Waals surface area (Å²) in [5, 5.41) is 0. The van der Waals surface area contributed by atoms with Crippen molar-refractivity contribution in [1.29, 1.82) is 0 Å². The van der Waals surface area contributed by atoms with Crippen molar-refractivity contribution in [2.75, 3.05) is 0 Å². The predicted octanol–water partition coefficient (Wildman–Crippen LogP) is 4.35. The first-order chi connectivity index (χ1) is 8.45. The topological polar surface area (TPSA) is 17.8 Å². The molecule has 96 valence electrons. The van der Waals surface area contributed by atoms with Crippen molar-refractivity contribution in [3.8, 4) is 11.4 Å². The summed E-state index contributed by atoms with van der Waals surface area (Å²) in [5.74, 6) is 0.317. The lowest BCUT2D eigenvalue weighted by Gasteiger charge is -2.13. The van der Waals surface area contributed by atoms with E-state index in [1.165, 1.54) is 18.3 Å². The molecular weight excluding hydrogens is 309 g/mol. The Hall–Kier alpha value is -1.30. The third kappa shape index (κ3) is 2.29. The lowest BCUT2D eigenvalue weighted by molar-refractivity contribution is -0.137. The summed E-state index contributed by atoms with van der Waals surface area (Å²) in [4.78, 5) is 4.05. The largest absolute Gasteiger partial charge is 0.417 e. The molecule has 0 saturated heterocycles. The Labute approximate surface area is 111 Å². The summed E-state index contributed by atoms with van der Waals surface area (Å²) in [6, 6.07) is 5.45. The molecule has 2 nitrogen and oxygen atoms in total. The molecule has 0 spiro atoms. The van der Waals surface area contributed by atoms with Gasteiger partial charge in [-0.05, 0) is 28.9 Å². The Morgan fingerprint density at radius 3 is 2.56 bits per heavy atom. The van der Waals surface area contributed by atoms with Crippen molar-refractivity contribution in [3.63, 3.8) is 0 Å². The third-order valence-corrected chi connectivity index (χ3v) is 3.23. The third-order valence-electron chi connectivity index (χ3n) is 2.60. The van der Waals surface area contributed by atoms with Gasteiger partial charge in [-0.3, -0.25) is 0 Å². The highest BCUT2D eigenvalue weighted by atomic mass is 79.9. The van der Waals surface area contributed by atoms with Gasteiger partial charge < -0.3 is 4.57 Å². The Kier molecular flexibility index (Phi) is 3.47. The summed E-state index contributed by atoms with van der Waals surface area (Å²) in [6.45, 7) is 2.40. The monoisotopic (exact) mass is 318 g/mol. The first kappa shape index (κ1) is 13.1. The van der Waals surface area contributed by atoms with E-state index in [1.54, 1.807) is 10.6 Å². The zero-order valence-electron chi connectivity index (χ0n) is 9.50. The van der Waals surface area contributed by atoms with Crippen LogP contribution in [0.1, 0.15) is 12.5 Å². The second kappa shape index (κ2) is 4.76. The number of rotatable bonds is 2. The number of hydrogen-bond acceptors (Lipinski definition) is 1. The highest BCUT2D eigenvalue weighted by Gasteiger charge is 2.34. The number of hydrogen-bond donors (Lipinski definition) is 0. The lowest BCUT2D eigenvalue weighted by Crippen LogP contribution is -2.09. The van der Waals surface area contributed by atoms with Crippen LogP contribution >= 0.6 is 15.9 Å². The highest BCUT2D eigenvalue weighted by Crippen LogP contribution is 2.37. The molecule has 2 aromatic rings. The molecule has 1 aromatic heterocycles. The average molecular weight is 319 g/mol. The summed E-state index contributed by atoms with van der Waals surface area (Å²) < 4.78 is 41.1. The first-order valence-electron chi connectivity index (χ1n) is 5.32. The van der Waals surface area contributed by atoms with Gasteiger partial charge in [0.15, 0.2) is 0 Å². The van der Waals surface area contributed by atoms with Crippen LogP contribution in [-0.4, -0.2) is 9.55 Å². The summed E-state index contributed by atoms with van der Waals surface area (Å²) in [7, 11) is 0. The maximum absolute atomic E-state index is 12.9. The number of nitrogens with zero attached hydrogens (tertiary/aromatic N) is 2. The second-order valence-electron chi connectivity index (χ2n) is 3.69. The number of benzene rings is 1. The molecule has 1 aromatic carbocycles. The molecule has 0 aliphatic rings. The summed E-state index contributed by atoms with van der Waals surface area (Å²) >= 11 is 3.27. The molecule has 0 aliphatic heterocycles. The van der Waals surface area contributed by atoms with Gasteiger partial charge in [0.05, 0.1) is 11.8 Å². The van der Waals surface area contributed by atoms with Gasteiger partial charge in [-0.2, -0.15) is 13.2 Å². The van der Waals surface area contributed by atoms with E-state index >= 15 is 0 Å². The smallest absolute Gasteiger partial charge is 0.319 e. The molecule has 2 rings (SSSR count). The summed E-state index contributed by atoms with van der Waals surface area (Å²) in [6.07, 6.45) is -2.88. The molecule has 0 N–H and O–H groups in total. The van der Waals surface area contributed by atoms with Gasteiger partial charge in [-0.25, -0.2) is 4.98 Å². The van der Waals surface area contributed by atoms with Crippen LogP contribution in [0.4, 0.5) is 13.2 Å².